The fraction of sp³-hybridized carbons (Fsp3) is 0.208. The third kappa shape index (κ3) is 5.19. The highest BCUT2D eigenvalue weighted by Gasteiger charge is 2.29. The van der Waals surface area contributed by atoms with Crippen molar-refractivity contribution >= 4 is 28.5 Å². The van der Waals surface area contributed by atoms with Gasteiger partial charge in [-0.2, -0.15) is 0 Å². The number of nitrogens with one attached hydrogen (secondary N) is 1. The second-order valence-corrected chi connectivity index (χ2v) is 7.37. The highest BCUT2D eigenvalue weighted by molar-refractivity contribution is 6.05. The summed E-state index contributed by atoms with van der Waals surface area (Å²) in [5.41, 5.74) is 0.697. The van der Waals surface area contributed by atoms with Gasteiger partial charge >= 0.3 is 11.6 Å². The van der Waals surface area contributed by atoms with Crippen molar-refractivity contribution in [3.05, 3.63) is 76.2 Å². The van der Waals surface area contributed by atoms with Crippen LogP contribution in [-0.4, -0.2) is 17.0 Å². The van der Waals surface area contributed by atoms with Gasteiger partial charge in [0, 0.05) is 10.9 Å². The summed E-state index contributed by atoms with van der Waals surface area (Å²) in [6.07, 6.45) is 1.87. The Morgan fingerprint density at radius 3 is 2.55 bits per heavy atom. The van der Waals surface area contributed by atoms with Crippen LogP contribution in [0.2, 0.25) is 0 Å². The lowest BCUT2D eigenvalue weighted by molar-refractivity contribution is -0.143. The average molecular weight is 421 g/mol. The summed E-state index contributed by atoms with van der Waals surface area (Å²) in [4.78, 5) is 38.0. The smallest absolute Gasteiger partial charge is 0.360 e. The predicted molar refractivity (Wildman–Crippen MR) is 117 cm³/mol. The van der Waals surface area contributed by atoms with E-state index in [9.17, 15) is 19.5 Å². The van der Waals surface area contributed by atoms with Crippen molar-refractivity contribution in [1.82, 2.24) is 0 Å². The molecule has 3 aromatic rings. The number of allylic oxidation sites excluding steroid dienone is 2. The molecule has 7 heteroatoms. The SMILES string of the molecule is CC(C)=CCC(C(=O)Nc1cc2ccc(O)c(C)c2oc1=O)C(=O)Oc1ccccc1. The molecule has 0 bridgehead atoms. The zero-order valence-corrected chi connectivity index (χ0v) is 17.5. The molecular formula is C24H23NO6. The Morgan fingerprint density at radius 2 is 1.87 bits per heavy atom. The van der Waals surface area contributed by atoms with Crippen LogP contribution in [0, 0.1) is 12.8 Å². The molecule has 2 N–H and O–H groups in total. The summed E-state index contributed by atoms with van der Waals surface area (Å²) in [5, 5.41) is 12.8. The molecule has 0 spiro atoms. The highest BCUT2D eigenvalue weighted by atomic mass is 16.5. The molecule has 1 atom stereocenters. The molecule has 1 amide bonds. The van der Waals surface area contributed by atoms with Crippen LogP contribution in [0.25, 0.3) is 11.0 Å². The summed E-state index contributed by atoms with van der Waals surface area (Å²) in [5.74, 6) is -2.25. The lowest BCUT2D eigenvalue weighted by Gasteiger charge is -2.15. The molecule has 160 valence electrons. The number of para-hydroxylation sites is 1. The fourth-order valence-corrected chi connectivity index (χ4v) is 2.96. The van der Waals surface area contributed by atoms with E-state index in [-0.39, 0.29) is 23.4 Å². The van der Waals surface area contributed by atoms with E-state index in [1.54, 1.807) is 49.4 Å². The van der Waals surface area contributed by atoms with Gasteiger partial charge in [-0.3, -0.25) is 9.59 Å². The molecule has 3 rings (SSSR count). The summed E-state index contributed by atoms with van der Waals surface area (Å²) in [7, 11) is 0. The Labute approximate surface area is 179 Å². The minimum absolute atomic E-state index is 0.00196. The number of esters is 1. The van der Waals surface area contributed by atoms with Crippen LogP contribution in [-0.2, 0) is 9.59 Å². The van der Waals surface area contributed by atoms with Crippen LogP contribution >= 0.6 is 0 Å². The predicted octanol–water partition coefficient (Wildman–Crippen LogP) is 4.32. The van der Waals surface area contributed by atoms with Gasteiger partial charge in [-0.05, 0) is 57.5 Å². The maximum absolute atomic E-state index is 12.9. The van der Waals surface area contributed by atoms with Crippen molar-refractivity contribution in [2.24, 2.45) is 5.92 Å². The number of phenolic OH excluding ortho intramolecular Hbond substituents is 1. The van der Waals surface area contributed by atoms with Gasteiger partial charge in [-0.25, -0.2) is 4.79 Å². The topological polar surface area (TPSA) is 106 Å². The molecule has 0 fully saturated rings. The van der Waals surface area contributed by atoms with Gasteiger partial charge in [0.15, 0.2) is 0 Å². The Balaban J connectivity index is 1.88. The van der Waals surface area contributed by atoms with Crippen LogP contribution in [0.3, 0.4) is 0 Å². The van der Waals surface area contributed by atoms with Gasteiger partial charge < -0.3 is 19.6 Å². The van der Waals surface area contributed by atoms with E-state index in [0.717, 1.165) is 5.57 Å². The number of benzene rings is 2. The first-order chi connectivity index (χ1) is 14.8. The number of amides is 1. The molecule has 0 aliphatic heterocycles. The molecule has 0 radical (unpaired) electrons. The average Bonchev–Trinajstić information content (AvgIpc) is 2.72. The monoisotopic (exact) mass is 421 g/mol. The number of aromatic hydroxyl groups is 1. The second kappa shape index (κ2) is 9.30. The Bertz CT molecular complexity index is 1210. The van der Waals surface area contributed by atoms with Gasteiger partial charge in [0.05, 0.1) is 0 Å². The van der Waals surface area contributed by atoms with E-state index < -0.39 is 23.4 Å². The molecule has 1 aromatic heterocycles. The van der Waals surface area contributed by atoms with E-state index >= 15 is 0 Å². The minimum Gasteiger partial charge on any atom is -0.508 e. The third-order valence-corrected chi connectivity index (χ3v) is 4.70. The highest BCUT2D eigenvalue weighted by Crippen LogP contribution is 2.26. The first-order valence-electron chi connectivity index (χ1n) is 9.73. The van der Waals surface area contributed by atoms with Crippen LogP contribution < -0.4 is 15.7 Å². The second-order valence-electron chi connectivity index (χ2n) is 7.37. The van der Waals surface area contributed by atoms with Gasteiger partial charge in [0.2, 0.25) is 5.91 Å². The first-order valence-corrected chi connectivity index (χ1v) is 9.73. The fourth-order valence-electron chi connectivity index (χ4n) is 2.96. The number of aryl methyl sites for hydroxylation is 1. The molecule has 0 saturated heterocycles. The van der Waals surface area contributed by atoms with Gasteiger partial charge in [-0.1, -0.05) is 29.8 Å². The standard InChI is InChI=1S/C24H23NO6/c1-14(2)9-11-18(23(28)30-17-7-5-4-6-8-17)22(27)25-19-13-16-10-12-20(26)15(3)21(16)31-24(19)29/h4-10,12-13,18,26H,11H2,1-3H3,(H,25,27). The van der Waals surface area contributed by atoms with Crippen molar-refractivity contribution in [3.63, 3.8) is 0 Å². The number of anilines is 1. The Hall–Kier alpha value is -3.87. The zero-order chi connectivity index (χ0) is 22.5. The molecule has 7 nitrogen and oxygen atoms in total. The van der Waals surface area contributed by atoms with E-state index in [1.807, 2.05) is 13.8 Å². The molecular weight excluding hydrogens is 398 g/mol. The third-order valence-electron chi connectivity index (χ3n) is 4.70. The number of hydrogen-bond donors (Lipinski definition) is 2. The van der Waals surface area contributed by atoms with E-state index in [4.69, 9.17) is 9.15 Å². The molecule has 0 aliphatic rings. The first kappa shape index (κ1) is 21.8. The molecule has 1 unspecified atom stereocenters. The largest absolute Gasteiger partial charge is 0.508 e. The number of phenols is 1. The van der Waals surface area contributed by atoms with E-state index in [1.165, 1.54) is 12.1 Å². The number of ether oxygens (including phenoxy) is 1. The number of carbonyl (C=O) groups is 2. The number of rotatable bonds is 6. The van der Waals surface area contributed by atoms with Crippen molar-refractivity contribution in [2.45, 2.75) is 27.2 Å². The van der Waals surface area contributed by atoms with Gasteiger partial charge in [0.1, 0.15) is 28.7 Å². The molecule has 31 heavy (non-hydrogen) atoms. The zero-order valence-electron chi connectivity index (χ0n) is 17.5. The summed E-state index contributed by atoms with van der Waals surface area (Å²) in [6.45, 7) is 5.33. The maximum Gasteiger partial charge on any atom is 0.360 e. The van der Waals surface area contributed by atoms with Crippen LogP contribution in [0.15, 0.2) is 69.4 Å². The summed E-state index contributed by atoms with van der Waals surface area (Å²) in [6, 6.07) is 12.9. The van der Waals surface area contributed by atoms with Crippen LogP contribution in [0.5, 0.6) is 11.5 Å². The lowest BCUT2D eigenvalue weighted by Crippen LogP contribution is -2.33. The van der Waals surface area contributed by atoms with Gasteiger partial charge in [-0.15, -0.1) is 0 Å². The van der Waals surface area contributed by atoms with Crippen molar-refractivity contribution in [3.8, 4) is 11.5 Å². The van der Waals surface area contributed by atoms with Gasteiger partial charge in [0.25, 0.3) is 0 Å². The van der Waals surface area contributed by atoms with Crippen molar-refractivity contribution < 1.29 is 23.8 Å². The maximum atomic E-state index is 12.9. The van der Waals surface area contributed by atoms with Crippen LogP contribution in [0.4, 0.5) is 5.69 Å². The van der Waals surface area contributed by atoms with Crippen LogP contribution in [0.1, 0.15) is 25.8 Å². The molecule has 1 heterocycles. The van der Waals surface area contributed by atoms with Crippen molar-refractivity contribution in [2.75, 3.05) is 5.32 Å². The van der Waals surface area contributed by atoms with E-state index in [2.05, 4.69) is 5.32 Å². The number of carbonyl (C=O) groups excluding carboxylic acids is 2. The molecule has 0 aliphatic carbocycles. The lowest BCUT2D eigenvalue weighted by atomic mass is 10.0. The summed E-state index contributed by atoms with van der Waals surface area (Å²) >= 11 is 0. The normalized spacial score (nSPS) is 11.6. The van der Waals surface area contributed by atoms with Crippen molar-refractivity contribution in [1.29, 1.82) is 0 Å². The van der Waals surface area contributed by atoms with E-state index in [0.29, 0.717) is 16.7 Å². The Morgan fingerprint density at radius 1 is 1.16 bits per heavy atom. The Kier molecular flexibility index (Phi) is 6.55. The number of hydrogen-bond acceptors (Lipinski definition) is 6. The minimum atomic E-state index is -1.16. The quantitative estimate of drug-likeness (QED) is 0.202. The summed E-state index contributed by atoms with van der Waals surface area (Å²) < 4.78 is 10.6. The molecule has 0 saturated carbocycles. The number of fused-ring (bicyclic) bond motifs is 1. The molecule has 2 aromatic carbocycles.